The minimum Gasteiger partial charge on any atom is -0.433 e. The SMILES string of the molecule is C/C(=C\I)CC#CC[C@]1(C)O[C@@H](C(C)(C)C)OC1=O. The molecule has 106 valence electrons. The first-order chi connectivity index (χ1) is 8.69. The molecule has 0 saturated carbocycles. The summed E-state index contributed by atoms with van der Waals surface area (Å²) in [6.45, 7) is 9.72. The second-order valence-corrected chi connectivity index (χ2v) is 6.74. The highest BCUT2D eigenvalue weighted by Gasteiger charge is 2.49. The summed E-state index contributed by atoms with van der Waals surface area (Å²) in [6, 6.07) is 0. The van der Waals surface area contributed by atoms with Crippen LogP contribution in [-0.2, 0) is 14.3 Å². The number of allylic oxidation sites excluding steroid dienone is 1. The molecule has 0 amide bonds. The maximum atomic E-state index is 11.9. The summed E-state index contributed by atoms with van der Waals surface area (Å²) in [7, 11) is 0. The van der Waals surface area contributed by atoms with Gasteiger partial charge in [-0.2, -0.15) is 0 Å². The lowest BCUT2D eigenvalue weighted by Gasteiger charge is -2.25. The summed E-state index contributed by atoms with van der Waals surface area (Å²) in [6.07, 6.45) is 0.590. The molecule has 0 radical (unpaired) electrons. The zero-order chi connectivity index (χ0) is 14.7. The van der Waals surface area contributed by atoms with Crippen molar-refractivity contribution < 1.29 is 14.3 Å². The minimum atomic E-state index is -0.938. The van der Waals surface area contributed by atoms with Gasteiger partial charge in [-0.1, -0.05) is 60.8 Å². The molecule has 0 aromatic carbocycles. The van der Waals surface area contributed by atoms with Gasteiger partial charge in [-0.3, -0.25) is 0 Å². The molecule has 19 heavy (non-hydrogen) atoms. The molecular weight excluding hydrogens is 355 g/mol. The maximum absolute atomic E-state index is 11.9. The molecule has 1 aliphatic heterocycles. The fraction of sp³-hybridized carbons (Fsp3) is 0.667. The van der Waals surface area contributed by atoms with Gasteiger partial charge in [0, 0.05) is 18.3 Å². The zero-order valence-electron chi connectivity index (χ0n) is 12.2. The third kappa shape index (κ3) is 4.50. The second-order valence-electron chi connectivity index (χ2n) is 6.11. The van der Waals surface area contributed by atoms with E-state index < -0.39 is 11.9 Å². The van der Waals surface area contributed by atoms with Crippen molar-refractivity contribution in [2.75, 3.05) is 0 Å². The molecule has 2 atom stereocenters. The molecule has 0 aromatic rings. The quantitative estimate of drug-likeness (QED) is 0.418. The summed E-state index contributed by atoms with van der Waals surface area (Å²) in [5, 5.41) is 0. The number of halogens is 1. The van der Waals surface area contributed by atoms with Gasteiger partial charge in [0.25, 0.3) is 0 Å². The highest BCUT2D eigenvalue weighted by atomic mass is 127. The van der Waals surface area contributed by atoms with Crippen LogP contribution in [0.1, 0.15) is 47.5 Å². The fourth-order valence-electron chi connectivity index (χ4n) is 1.47. The van der Waals surface area contributed by atoms with Crippen molar-refractivity contribution in [1.82, 2.24) is 0 Å². The Kier molecular flexibility index (Phi) is 5.45. The first-order valence-corrected chi connectivity index (χ1v) is 7.54. The van der Waals surface area contributed by atoms with Crippen LogP contribution in [0.3, 0.4) is 0 Å². The first-order valence-electron chi connectivity index (χ1n) is 6.29. The zero-order valence-corrected chi connectivity index (χ0v) is 14.3. The molecule has 1 saturated heterocycles. The number of carbonyl (C=O) groups excluding carboxylic acids is 1. The molecule has 0 spiro atoms. The van der Waals surface area contributed by atoms with E-state index >= 15 is 0 Å². The van der Waals surface area contributed by atoms with Crippen LogP contribution in [0.4, 0.5) is 0 Å². The predicted molar refractivity (Wildman–Crippen MR) is 83.6 cm³/mol. The summed E-state index contributed by atoms with van der Waals surface area (Å²) in [4.78, 5) is 11.9. The van der Waals surface area contributed by atoms with E-state index in [9.17, 15) is 4.79 Å². The van der Waals surface area contributed by atoms with Crippen LogP contribution in [0.25, 0.3) is 0 Å². The van der Waals surface area contributed by atoms with E-state index in [0.717, 1.165) is 6.42 Å². The van der Waals surface area contributed by atoms with E-state index in [4.69, 9.17) is 9.47 Å². The standard InChI is InChI=1S/C15H21IO3/c1-11(10-16)8-6-7-9-15(5)12(17)18-13(19-15)14(2,3)4/h10,13H,8-9H2,1-5H3/b11-10+/t13-,15-/m0/s1. The molecule has 0 aromatic heterocycles. The molecule has 4 heteroatoms. The number of cyclic esters (lactones) is 1. The molecule has 1 heterocycles. The lowest BCUT2D eigenvalue weighted by Crippen LogP contribution is -2.33. The topological polar surface area (TPSA) is 35.5 Å². The highest BCUT2D eigenvalue weighted by Crippen LogP contribution is 2.36. The Hall–Kier alpha value is -0.540. The van der Waals surface area contributed by atoms with Crippen molar-refractivity contribution >= 4 is 28.6 Å². The molecule has 0 aliphatic carbocycles. The highest BCUT2D eigenvalue weighted by molar-refractivity contribution is 14.1. The summed E-state index contributed by atoms with van der Waals surface area (Å²) in [5.74, 6) is 5.75. The number of hydrogen-bond acceptors (Lipinski definition) is 3. The summed E-state index contributed by atoms with van der Waals surface area (Å²) in [5.41, 5.74) is 0.0506. The predicted octanol–water partition coefficient (Wildman–Crippen LogP) is 3.81. The third-order valence-electron chi connectivity index (χ3n) is 2.82. The van der Waals surface area contributed by atoms with Crippen LogP contribution in [0, 0.1) is 17.3 Å². The summed E-state index contributed by atoms with van der Waals surface area (Å²) >= 11 is 2.19. The number of esters is 1. The van der Waals surface area contributed by atoms with Crippen LogP contribution in [0.15, 0.2) is 9.66 Å². The van der Waals surface area contributed by atoms with E-state index in [1.165, 1.54) is 5.57 Å². The first kappa shape index (κ1) is 16.5. The number of carbonyl (C=O) groups is 1. The average Bonchev–Trinajstić information content (AvgIpc) is 2.61. The van der Waals surface area contributed by atoms with Crippen molar-refractivity contribution in [3.05, 3.63) is 9.66 Å². The van der Waals surface area contributed by atoms with Crippen molar-refractivity contribution in [2.45, 2.75) is 59.4 Å². The van der Waals surface area contributed by atoms with E-state index in [0.29, 0.717) is 6.42 Å². The lowest BCUT2D eigenvalue weighted by atomic mass is 9.96. The van der Waals surface area contributed by atoms with Crippen LogP contribution in [0.5, 0.6) is 0 Å². The molecular formula is C15H21IO3. The minimum absolute atomic E-state index is 0.221. The molecule has 0 unspecified atom stereocenters. The van der Waals surface area contributed by atoms with Crippen LogP contribution >= 0.6 is 22.6 Å². The third-order valence-corrected chi connectivity index (χ3v) is 3.89. The van der Waals surface area contributed by atoms with Crippen molar-refractivity contribution in [3.8, 4) is 11.8 Å². The molecule has 1 fully saturated rings. The fourth-order valence-corrected chi connectivity index (χ4v) is 1.69. The monoisotopic (exact) mass is 376 g/mol. The molecule has 1 rings (SSSR count). The van der Waals surface area contributed by atoms with Gasteiger partial charge in [0.15, 0.2) is 5.60 Å². The van der Waals surface area contributed by atoms with Gasteiger partial charge in [-0.05, 0) is 17.9 Å². The Labute approximate surface area is 129 Å². The Morgan fingerprint density at radius 1 is 1.47 bits per heavy atom. The Morgan fingerprint density at radius 2 is 2.11 bits per heavy atom. The van der Waals surface area contributed by atoms with Crippen molar-refractivity contribution in [2.24, 2.45) is 5.41 Å². The van der Waals surface area contributed by atoms with Gasteiger partial charge in [0.1, 0.15) is 0 Å². The van der Waals surface area contributed by atoms with Crippen LogP contribution < -0.4 is 0 Å². The van der Waals surface area contributed by atoms with Gasteiger partial charge < -0.3 is 9.47 Å². The van der Waals surface area contributed by atoms with E-state index in [-0.39, 0.29) is 11.4 Å². The van der Waals surface area contributed by atoms with Gasteiger partial charge in [-0.15, -0.1) is 0 Å². The van der Waals surface area contributed by atoms with Crippen LogP contribution in [-0.4, -0.2) is 17.9 Å². The van der Waals surface area contributed by atoms with E-state index in [2.05, 4.69) is 34.4 Å². The van der Waals surface area contributed by atoms with Gasteiger partial charge in [0.05, 0.1) is 0 Å². The van der Waals surface area contributed by atoms with E-state index in [1.807, 2.05) is 31.8 Å². The normalized spacial score (nSPS) is 27.8. The van der Waals surface area contributed by atoms with E-state index in [1.54, 1.807) is 6.92 Å². The lowest BCUT2D eigenvalue weighted by molar-refractivity contribution is -0.155. The van der Waals surface area contributed by atoms with Crippen molar-refractivity contribution in [1.29, 1.82) is 0 Å². The number of ether oxygens (including phenoxy) is 2. The second kappa shape index (κ2) is 6.27. The number of rotatable bonds is 2. The molecule has 1 aliphatic rings. The average molecular weight is 376 g/mol. The van der Waals surface area contributed by atoms with Gasteiger partial charge >= 0.3 is 5.97 Å². The van der Waals surface area contributed by atoms with Crippen LogP contribution in [0.2, 0.25) is 0 Å². The maximum Gasteiger partial charge on any atom is 0.341 e. The molecule has 0 N–H and O–H groups in total. The summed E-state index contributed by atoms with van der Waals surface area (Å²) < 4.78 is 13.1. The molecule has 3 nitrogen and oxygen atoms in total. The Morgan fingerprint density at radius 3 is 2.58 bits per heavy atom. The number of hydrogen-bond donors (Lipinski definition) is 0. The van der Waals surface area contributed by atoms with Gasteiger partial charge in [0.2, 0.25) is 6.29 Å². The molecule has 0 bridgehead atoms. The van der Waals surface area contributed by atoms with Crippen molar-refractivity contribution in [3.63, 3.8) is 0 Å². The smallest absolute Gasteiger partial charge is 0.341 e. The largest absolute Gasteiger partial charge is 0.433 e. The Balaban J connectivity index is 2.65. The van der Waals surface area contributed by atoms with Gasteiger partial charge in [-0.25, -0.2) is 4.79 Å². The Bertz CT molecular complexity index is 437.